The van der Waals surface area contributed by atoms with Crippen LogP contribution < -0.4 is 21.2 Å². The number of halogens is 1. The van der Waals surface area contributed by atoms with Crippen molar-refractivity contribution in [2.24, 2.45) is 10.7 Å². The molecule has 3 nitrogen and oxygen atoms in total. The Morgan fingerprint density at radius 3 is 2.65 bits per heavy atom. The minimum absolute atomic E-state index is 0.135. The third kappa shape index (κ3) is 2.30. The highest BCUT2D eigenvalue weighted by molar-refractivity contribution is 5.60. The molecule has 4 heteroatoms. The molecule has 2 aromatic carbocycles. The van der Waals surface area contributed by atoms with Crippen molar-refractivity contribution < 1.29 is 4.39 Å². The van der Waals surface area contributed by atoms with Gasteiger partial charge in [0.15, 0.2) is 0 Å². The second-order valence-corrected chi connectivity index (χ2v) is 4.98. The molecule has 1 aliphatic rings. The smallest absolute Gasteiger partial charge is 0.140 e. The van der Waals surface area contributed by atoms with E-state index in [0.29, 0.717) is 0 Å². The first-order chi connectivity index (χ1) is 9.65. The quantitative estimate of drug-likeness (QED) is 0.895. The van der Waals surface area contributed by atoms with Crippen LogP contribution in [0.3, 0.4) is 0 Å². The molecule has 102 valence electrons. The van der Waals surface area contributed by atoms with E-state index >= 15 is 0 Å². The zero-order valence-electron chi connectivity index (χ0n) is 11.2. The van der Waals surface area contributed by atoms with Gasteiger partial charge in [-0.1, -0.05) is 18.2 Å². The summed E-state index contributed by atoms with van der Waals surface area (Å²) in [4.78, 5) is 6.64. The Labute approximate surface area is 116 Å². The molecule has 0 aromatic heterocycles. The SMILES string of the molecule is CC(N)[C@@H]1N=c2ccc(F)cc2=CN1c1ccccc1. The first-order valence-electron chi connectivity index (χ1n) is 6.59. The predicted molar refractivity (Wildman–Crippen MR) is 78.0 cm³/mol. The lowest BCUT2D eigenvalue weighted by atomic mass is 10.1. The van der Waals surface area contributed by atoms with Crippen LogP contribution in [0.4, 0.5) is 10.1 Å². The molecule has 2 aromatic rings. The lowest BCUT2D eigenvalue weighted by molar-refractivity contribution is 0.555. The fraction of sp³-hybridized carbons (Fsp3) is 0.188. The number of para-hydroxylation sites is 1. The van der Waals surface area contributed by atoms with E-state index in [1.165, 1.54) is 12.1 Å². The Balaban J connectivity index is 2.17. The second kappa shape index (κ2) is 5.06. The van der Waals surface area contributed by atoms with Gasteiger partial charge in [-0.2, -0.15) is 0 Å². The van der Waals surface area contributed by atoms with Crippen molar-refractivity contribution in [3.05, 3.63) is 64.9 Å². The van der Waals surface area contributed by atoms with Gasteiger partial charge in [0.25, 0.3) is 0 Å². The Bertz CT molecular complexity index is 725. The summed E-state index contributed by atoms with van der Waals surface area (Å²) >= 11 is 0. The summed E-state index contributed by atoms with van der Waals surface area (Å²) in [6.45, 7) is 1.92. The van der Waals surface area contributed by atoms with Crippen LogP contribution in [0.15, 0.2) is 53.5 Å². The molecule has 2 atom stereocenters. The van der Waals surface area contributed by atoms with E-state index in [0.717, 1.165) is 16.3 Å². The zero-order valence-corrected chi connectivity index (χ0v) is 11.2. The maximum Gasteiger partial charge on any atom is 0.140 e. The van der Waals surface area contributed by atoms with Gasteiger partial charge in [0.1, 0.15) is 12.0 Å². The van der Waals surface area contributed by atoms with Gasteiger partial charge >= 0.3 is 0 Å². The first-order valence-corrected chi connectivity index (χ1v) is 6.59. The summed E-state index contributed by atoms with van der Waals surface area (Å²) in [6.07, 6.45) is 1.73. The number of nitrogens with zero attached hydrogens (tertiary/aromatic N) is 2. The van der Waals surface area contributed by atoms with Crippen molar-refractivity contribution in [2.45, 2.75) is 19.1 Å². The second-order valence-electron chi connectivity index (χ2n) is 4.98. The Morgan fingerprint density at radius 1 is 1.20 bits per heavy atom. The summed E-state index contributed by atoms with van der Waals surface area (Å²) in [5.41, 5.74) is 7.05. The van der Waals surface area contributed by atoms with Gasteiger partial charge in [0, 0.05) is 23.1 Å². The fourth-order valence-corrected chi connectivity index (χ4v) is 2.38. The number of anilines is 1. The van der Waals surface area contributed by atoms with E-state index in [9.17, 15) is 4.39 Å². The van der Waals surface area contributed by atoms with E-state index in [1.807, 2.05) is 48.4 Å². The van der Waals surface area contributed by atoms with E-state index in [2.05, 4.69) is 4.99 Å². The van der Waals surface area contributed by atoms with Crippen molar-refractivity contribution in [3.63, 3.8) is 0 Å². The van der Waals surface area contributed by atoms with Crippen LogP contribution in [0.2, 0.25) is 0 Å². The lowest BCUT2D eigenvalue weighted by Gasteiger charge is -2.32. The van der Waals surface area contributed by atoms with E-state index in [-0.39, 0.29) is 18.0 Å². The summed E-state index contributed by atoms with van der Waals surface area (Å²) in [6, 6.07) is 14.3. The summed E-state index contributed by atoms with van der Waals surface area (Å²) in [7, 11) is 0. The van der Waals surface area contributed by atoms with E-state index in [4.69, 9.17) is 5.73 Å². The van der Waals surface area contributed by atoms with Gasteiger partial charge in [0.2, 0.25) is 0 Å². The minimum atomic E-state index is -0.262. The Morgan fingerprint density at radius 2 is 1.95 bits per heavy atom. The molecule has 0 saturated heterocycles. The highest BCUT2D eigenvalue weighted by atomic mass is 19.1. The number of hydrogen-bond donors (Lipinski definition) is 1. The molecule has 1 aliphatic heterocycles. The number of nitrogens with two attached hydrogens (primary N) is 1. The molecule has 1 heterocycles. The minimum Gasteiger partial charge on any atom is -0.325 e. The Kier molecular flexibility index (Phi) is 3.24. The molecule has 0 saturated carbocycles. The molecular formula is C16H16FN3. The Hall–Kier alpha value is -2.20. The predicted octanol–water partition coefficient (Wildman–Crippen LogP) is 1.38. The first kappa shape index (κ1) is 12.8. The molecule has 0 bridgehead atoms. The summed E-state index contributed by atoms with van der Waals surface area (Å²) in [5, 5.41) is 1.55. The average Bonchev–Trinajstić information content (AvgIpc) is 2.46. The molecule has 0 aliphatic carbocycles. The number of rotatable bonds is 2. The molecule has 20 heavy (non-hydrogen) atoms. The third-order valence-corrected chi connectivity index (χ3v) is 3.35. The largest absolute Gasteiger partial charge is 0.325 e. The van der Waals surface area contributed by atoms with Gasteiger partial charge in [-0.25, -0.2) is 4.39 Å². The fourth-order valence-electron chi connectivity index (χ4n) is 2.38. The van der Waals surface area contributed by atoms with Crippen molar-refractivity contribution in [1.82, 2.24) is 0 Å². The van der Waals surface area contributed by atoms with E-state index < -0.39 is 0 Å². The van der Waals surface area contributed by atoms with Gasteiger partial charge in [-0.15, -0.1) is 0 Å². The molecule has 1 unspecified atom stereocenters. The van der Waals surface area contributed by atoms with Gasteiger partial charge in [0.05, 0.1) is 5.36 Å². The van der Waals surface area contributed by atoms with Crippen LogP contribution in [0, 0.1) is 5.82 Å². The number of benzene rings is 2. The van der Waals surface area contributed by atoms with Crippen LogP contribution >= 0.6 is 0 Å². The van der Waals surface area contributed by atoms with Crippen molar-refractivity contribution >= 4 is 11.9 Å². The summed E-state index contributed by atoms with van der Waals surface area (Å²) < 4.78 is 13.4. The van der Waals surface area contributed by atoms with Crippen molar-refractivity contribution in [1.29, 1.82) is 0 Å². The maximum absolute atomic E-state index is 13.4. The average molecular weight is 269 g/mol. The normalized spacial score (nSPS) is 18.8. The summed E-state index contributed by atoms with van der Waals surface area (Å²) in [5.74, 6) is -0.262. The van der Waals surface area contributed by atoms with Crippen molar-refractivity contribution in [3.8, 4) is 0 Å². The molecule has 2 N–H and O–H groups in total. The number of hydrogen-bond acceptors (Lipinski definition) is 3. The van der Waals surface area contributed by atoms with Crippen LogP contribution in [0.1, 0.15) is 6.92 Å². The van der Waals surface area contributed by atoms with E-state index in [1.54, 1.807) is 6.07 Å². The van der Waals surface area contributed by atoms with Gasteiger partial charge < -0.3 is 10.6 Å². The molecule has 0 radical (unpaired) electrons. The molecule has 0 amide bonds. The highest BCUT2D eigenvalue weighted by Crippen LogP contribution is 2.20. The highest BCUT2D eigenvalue weighted by Gasteiger charge is 2.22. The van der Waals surface area contributed by atoms with Crippen molar-refractivity contribution in [2.75, 3.05) is 4.90 Å². The molecule has 0 spiro atoms. The molecular weight excluding hydrogens is 253 g/mol. The van der Waals surface area contributed by atoms with Crippen LogP contribution in [0.25, 0.3) is 6.20 Å². The number of fused-ring (bicyclic) bond motifs is 1. The monoisotopic (exact) mass is 269 g/mol. The van der Waals surface area contributed by atoms with Gasteiger partial charge in [-0.3, -0.25) is 4.99 Å². The van der Waals surface area contributed by atoms with Crippen LogP contribution in [-0.2, 0) is 0 Å². The zero-order chi connectivity index (χ0) is 14.1. The van der Waals surface area contributed by atoms with Gasteiger partial charge in [-0.05, 0) is 37.3 Å². The van der Waals surface area contributed by atoms with Crippen LogP contribution in [-0.4, -0.2) is 12.2 Å². The van der Waals surface area contributed by atoms with Crippen LogP contribution in [0.5, 0.6) is 0 Å². The molecule has 0 fully saturated rings. The standard InChI is InChI=1S/C16H16FN3/c1-11(18)16-19-15-8-7-13(17)9-12(15)10-20(16)14-5-3-2-4-6-14/h2-11,16H,18H2,1H3/t11?,16-/m1/s1. The topological polar surface area (TPSA) is 41.6 Å². The molecule has 3 rings (SSSR count). The maximum atomic E-state index is 13.4. The lowest BCUT2D eigenvalue weighted by Crippen LogP contribution is -2.49. The third-order valence-electron chi connectivity index (χ3n) is 3.35.